The van der Waals surface area contributed by atoms with Gasteiger partial charge in [-0.1, -0.05) is 0 Å². The molecule has 1 aromatic carbocycles. The van der Waals surface area contributed by atoms with Gasteiger partial charge in [-0.15, -0.1) is 0 Å². The SMILES string of the molecule is COc1cc(C)c(OC)c(C)c1C.[Br-].[Mg+2]. The van der Waals surface area contributed by atoms with Crippen molar-refractivity contribution in [2.75, 3.05) is 14.2 Å². The van der Waals surface area contributed by atoms with Crippen molar-refractivity contribution in [3.63, 3.8) is 0 Å². The molecule has 0 aliphatic rings. The summed E-state index contributed by atoms with van der Waals surface area (Å²) < 4.78 is 10.6. The molecule has 4 heteroatoms. The molecule has 0 N–H and O–H groups in total. The van der Waals surface area contributed by atoms with Crippen molar-refractivity contribution >= 4 is 23.1 Å². The molecule has 0 aliphatic carbocycles. The minimum Gasteiger partial charge on any atom is -1.00 e. The van der Waals surface area contributed by atoms with E-state index in [4.69, 9.17) is 9.47 Å². The number of aryl methyl sites for hydroxylation is 1. The molecule has 80 valence electrons. The Bertz CT molecular complexity index is 327. The third-order valence-electron chi connectivity index (χ3n) is 2.40. The van der Waals surface area contributed by atoms with Gasteiger partial charge in [0.25, 0.3) is 0 Å². The third kappa shape index (κ3) is 3.54. The van der Waals surface area contributed by atoms with Crippen molar-refractivity contribution in [1.29, 1.82) is 0 Å². The van der Waals surface area contributed by atoms with Crippen LogP contribution in [-0.2, 0) is 0 Å². The van der Waals surface area contributed by atoms with Crippen LogP contribution >= 0.6 is 0 Å². The number of hydrogen-bond acceptors (Lipinski definition) is 2. The van der Waals surface area contributed by atoms with Gasteiger partial charge in [-0.25, -0.2) is 0 Å². The van der Waals surface area contributed by atoms with E-state index in [0.29, 0.717) is 0 Å². The average Bonchev–Trinajstić information content (AvgIpc) is 2.12. The van der Waals surface area contributed by atoms with Crippen molar-refractivity contribution in [2.24, 2.45) is 0 Å². The maximum atomic E-state index is 5.30. The predicted octanol–water partition coefficient (Wildman–Crippen LogP) is -0.748. The van der Waals surface area contributed by atoms with Crippen molar-refractivity contribution < 1.29 is 26.5 Å². The number of hydrogen-bond donors (Lipinski definition) is 0. The summed E-state index contributed by atoms with van der Waals surface area (Å²) in [4.78, 5) is 0. The Kier molecular flexibility index (Phi) is 8.56. The van der Waals surface area contributed by atoms with E-state index in [0.717, 1.165) is 28.2 Å². The van der Waals surface area contributed by atoms with Gasteiger partial charge in [-0.2, -0.15) is 0 Å². The van der Waals surface area contributed by atoms with Crippen molar-refractivity contribution in [3.8, 4) is 11.5 Å². The first kappa shape index (κ1) is 17.5. The molecule has 0 fully saturated rings. The summed E-state index contributed by atoms with van der Waals surface area (Å²) in [6.07, 6.45) is 0. The van der Waals surface area contributed by atoms with Gasteiger partial charge in [0, 0.05) is 0 Å². The third-order valence-corrected chi connectivity index (χ3v) is 2.40. The molecule has 0 spiro atoms. The Hall–Kier alpha value is 0.0662. The number of halogens is 1. The molecular weight excluding hydrogens is 268 g/mol. The van der Waals surface area contributed by atoms with E-state index in [1.807, 2.05) is 26.8 Å². The van der Waals surface area contributed by atoms with Crippen molar-refractivity contribution in [2.45, 2.75) is 20.8 Å². The Labute approximate surface area is 118 Å². The van der Waals surface area contributed by atoms with E-state index in [-0.39, 0.29) is 40.0 Å². The van der Waals surface area contributed by atoms with Gasteiger partial charge in [0.2, 0.25) is 0 Å². The number of methoxy groups -OCH3 is 2. The topological polar surface area (TPSA) is 18.5 Å². The molecule has 0 aliphatic heterocycles. The Balaban J connectivity index is 0. The van der Waals surface area contributed by atoms with Crippen LogP contribution in [0, 0.1) is 20.8 Å². The van der Waals surface area contributed by atoms with Crippen LogP contribution in [0.3, 0.4) is 0 Å². The number of rotatable bonds is 2. The Morgan fingerprint density at radius 3 is 1.87 bits per heavy atom. The molecule has 0 aromatic heterocycles. The zero-order valence-corrected chi connectivity index (χ0v) is 13.0. The first-order chi connectivity index (χ1) is 6.11. The fraction of sp³-hybridized carbons (Fsp3) is 0.455. The van der Waals surface area contributed by atoms with Crippen LogP contribution in [0.1, 0.15) is 16.7 Å². The van der Waals surface area contributed by atoms with E-state index in [1.165, 1.54) is 0 Å². The summed E-state index contributed by atoms with van der Waals surface area (Å²) in [6, 6.07) is 2.00. The number of benzene rings is 1. The maximum Gasteiger partial charge on any atom is 2.00 e. The monoisotopic (exact) mass is 283 g/mol. The van der Waals surface area contributed by atoms with E-state index < -0.39 is 0 Å². The van der Waals surface area contributed by atoms with Gasteiger partial charge in [0.05, 0.1) is 14.2 Å². The fourth-order valence-electron chi connectivity index (χ4n) is 1.55. The molecule has 0 atom stereocenters. The van der Waals surface area contributed by atoms with Gasteiger partial charge < -0.3 is 26.5 Å². The second-order valence-electron chi connectivity index (χ2n) is 3.18. The largest absolute Gasteiger partial charge is 2.00 e. The molecule has 0 radical (unpaired) electrons. The quantitative estimate of drug-likeness (QED) is 0.666. The second-order valence-corrected chi connectivity index (χ2v) is 3.18. The minimum absolute atomic E-state index is 0. The molecule has 0 saturated heterocycles. The molecule has 0 amide bonds. The summed E-state index contributed by atoms with van der Waals surface area (Å²) in [5.74, 6) is 1.88. The summed E-state index contributed by atoms with van der Waals surface area (Å²) in [5, 5.41) is 0. The molecule has 0 saturated carbocycles. The normalized spacial score (nSPS) is 8.60. The molecule has 1 rings (SSSR count). The molecule has 0 bridgehead atoms. The molecule has 0 unspecified atom stereocenters. The first-order valence-electron chi connectivity index (χ1n) is 4.30. The summed E-state index contributed by atoms with van der Waals surface area (Å²) in [6.45, 7) is 6.10. The zero-order valence-electron chi connectivity index (χ0n) is 9.98. The first-order valence-corrected chi connectivity index (χ1v) is 4.30. The molecular formula is C11H16BrMgO2+. The van der Waals surface area contributed by atoms with Crippen LogP contribution in [0.25, 0.3) is 0 Å². The van der Waals surface area contributed by atoms with E-state index in [1.54, 1.807) is 14.2 Å². The van der Waals surface area contributed by atoms with Crippen LogP contribution < -0.4 is 26.5 Å². The standard InChI is InChI=1S/C11H16O2.BrH.Mg/c1-7-6-10(12-4)8(2)9(3)11(7)13-5;;/h6H,1-5H3;1H;/q;;+2/p-1. The molecule has 15 heavy (non-hydrogen) atoms. The molecule has 2 nitrogen and oxygen atoms in total. The van der Waals surface area contributed by atoms with Crippen LogP contribution in [-0.4, -0.2) is 37.3 Å². The van der Waals surface area contributed by atoms with Gasteiger partial charge >= 0.3 is 23.1 Å². The summed E-state index contributed by atoms with van der Waals surface area (Å²) in [5.41, 5.74) is 3.41. The van der Waals surface area contributed by atoms with Gasteiger partial charge in [-0.05, 0) is 43.5 Å². The van der Waals surface area contributed by atoms with Gasteiger partial charge in [-0.3, -0.25) is 0 Å². The summed E-state index contributed by atoms with van der Waals surface area (Å²) >= 11 is 0. The second kappa shape index (κ2) is 7.36. The van der Waals surface area contributed by atoms with Crippen molar-refractivity contribution in [3.05, 3.63) is 22.8 Å². The number of ether oxygens (including phenoxy) is 2. The Morgan fingerprint density at radius 1 is 0.933 bits per heavy atom. The van der Waals surface area contributed by atoms with E-state index in [9.17, 15) is 0 Å². The smallest absolute Gasteiger partial charge is 1.00 e. The minimum atomic E-state index is 0. The van der Waals surface area contributed by atoms with Gasteiger partial charge in [0.15, 0.2) is 0 Å². The molecule has 1 aromatic rings. The molecule has 0 heterocycles. The van der Waals surface area contributed by atoms with E-state index >= 15 is 0 Å². The van der Waals surface area contributed by atoms with Crippen LogP contribution in [0.15, 0.2) is 6.07 Å². The fourth-order valence-corrected chi connectivity index (χ4v) is 1.55. The average molecular weight is 284 g/mol. The van der Waals surface area contributed by atoms with Crippen LogP contribution in [0.2, 0.25) is 0 Å². The zero-order chi connectivity index (χ0) is 10.0. The van der Waals surface area contributed by atoms with Gasteiger partial charge in [0.1, 0.15) is 11.5 Å². The van der Waals surface area contributed by atoms with Crippen LogP contribution in [0.5, 0.6) is 11.5 Å². The van der Waals surface area contributed by atoms with E-state index in [2.05, 4.69) is 0 Å². The predicted molar refractivity (Wildman–Crippen MR) is 59.5 cm³/mol. The summed E-state index contributed by atoms with van der Waals surface area (Å²) in [7, 11) is 3.38. The van der Waals surface area contributed by atoms with Crippen LogP contribution in [0.4, 0.5) is 0 Å². The Morgan fingerprint density at radius 2 is 1.47 bits per heavy atom. The maximum absolute atomic E-state index is 5.30. The van der Waals surface area contributed by atoms with Crippen molar-refractivity contribution in [1.82, 2.24) is 0 Å².